The highest BCUT2D eigenvalue weighted by molar-refractivity contribution is 9.11. The van der Waals surface area contributed by atoms with Gasteiger partial charge in [0, 0.05) is 34.2 Å². The highest BCUT2D eigenvalue weighted by Gasteiger charge is 2.17. The first kappa shape index (κ1) is 23.7. The molecule has 2 aromatic carbocycles. The van der Waals surface area contributed by atoms with E-state index in [1.807, 2.05) is 30.3 Å². The predicted octanol–water partition coefficient (Wildman–Crippen LogP) is 6.41. The van der Waals surface area contributed by atoms with Gasteiger partial charge < -0.3 is 14.6 Å². The molecule has 0 aliphatic carbocycles. The van der Waals surface area contributed by atoms with Crippen molar-refractivity contribution in [1.82, 2.24) is 10.2 Å². The van der Waals surface area contributed by atoms with Crippen LogP contribution in [0.2, 0.25) is 0 Å². The van der Waals surface area contributed by atoms with E-state index >= 15 is 0 Å². The lowest BCUT2D eigenvalue weighted by atomic mass is 10.1. The molecule has 1 fully saturated rings. The van der Waals surface area contributed by atoms with Crippen molar-refractivity contribution in [2.45, 2.75) is 25.7 Å². The number of carbonyl (C=O) groups is 1. The van der Waals surface area contributed by atoms with E-state index in [2.05, 4.69) is 52.3 Å². The molecule has 1 amide bonds. The van der Waals surface area contributed by atoms with Gasteiger partial charge in [-0.1, -0.05) is 40.9 Å². The smallest absolute Gasteiger partial charge is 0.349 e. The molecule has 7 nitrogen and oxygen atoms in total. The molecule has 5 rings (SSSR count). The van der Waals surface area contributed by atoms with Crippen LogP contribution in [-0.4, -0.2) is 29.2 Å². The van der Waals surface area contributed by atoms with E-state index in [0.717, 1.165) is 28.9 Å². The zero-order chi connectivity index (χ0) is 24.4. The van der Waals surface area contributed by atoms with Gasteiger partial charge in [0.05, 0.1) is 10.2 Å². The van der Waals surface area contributed by atoms with Crippen molar-refractivity contribution in [2.24, 2.45) is 0 Å². The zero-order valence-electron chi connectivity index (χ0n) is 18.8. The zero-order valence-corrected chi connectivity index (χ0v) is 21.9. The second-order valence-electron chi connectivity index (χ2n) is 8.47. The van der Waals surface area contributed by atoms with E-state index in [4.69, 9.17) is 4.42 Å². The first-order chi connectivity index (χ1) is 17.0. The standard InChI is InChI=1S/C26H22Br2N4O3/c27-18-12-17-14-20(26(34)35-24(17)21(28)15-18)25(33)29-19-7-5-6-16(13-19)22-8-9-23(31-30-22)32-10-3-1-2-4-11-32/h5-9,12-15H,1-4,10-11H2,(H,29,33). The minimum absolute atomic E-state index is 0.0745. The Morgan fingerprint density at radius 1 is 0.943 bits per heavy atom. The second-order valence-corrected chi connectivity index (χ2v) is 10.2. The number of aromatic nitrogens is 2. The predicted molar refractivity (Wildman–Crippen MR) is 144 cm³/mol. The molecule has 0 atom stereocenters. The summed E-state index contributed by atoms with van der Waals surface area (Å²) in [5, 5.41) is 12.3. The Kier molecular flexibility index (Phi) is 6.97. The maximum Gasteiger partial charge on any atom is 0.349 e. The molecule has 1 saturated heterocycles. The van der Waals surface area contributed by atoms with Gasteiger partial charge in [0.25, 0.3) is 5.91 Å². The van der Waals surface area contributed by atoms with Crippen LogP contribution in [0.1, 0.15) is 36.0 Å². The highest BCUT2D eigenvalue weighted by atomic mass is 79.9. The molecule has 0 radical (unpaired) electrons. The summed E-state index contributed by atoms with van der Waals surface area (Å²) in [5.41, 5.74) is 1.68. The summed E-state index contributed by atoms with van der Waals surface area (Å²) in [6, 6.07) is 16.3. The van der Waals surface area contributed by atoms with Crippen molar-refractivity contribution in [3.05, 3.63) is 79.5 Å². The third kappa shape index (κ3) is 5.31. The number of halogens is 2. The summed E-state index contributed by atoms with van der Waals surface area (Å²) in [5.74, 6) is 0.345. The van der Waals surface area contributed by atoms with Gasteiger partial charge in [-0.2, -0.15) is 0 Å². The number of hydrogen-bond donors (Lipinski definition) is 1. The van der Waals surface area contributed by atoms with Crippen LogP contribution in [-0.2, 0) is 0 Å². The van der Waals surface area contributed by atoms with Crippen LogP contribution < -0.4 is 15.8 Å². The van der Waals surface area contributed by atoms with Crippen LogP contribution in [0.25, 0.3) is 22.2 Å². The van der Waals surface area contributed by atoms with E-state index in [1.54, 1.807) is 18.2 Å². The number of amides is 1. The van der Waals surface area contributed by atoms with Gasteiger partial charge in [-0.25, -0.2) is 4.79 Å². The van der Waals surface area contributed by atoms with Crippen LogP contribution in [0.15, 0.2) is 72.8 Å². The first-order valence-corrected chi connectivity index (χ1v) is 13.0. The fraction of sp³-hybridized carbons (Fsp3) is 0.231. The molecule has 0 saturated carbocycles. The maximum atomic E-state index is 12.9. The van der Waals surface area contributed by atoms with E-state index in [9.17, 15) is 9.59 Å². The summed E-state index contributed by atoms with van der Waals surface area (Å²) in [6.07, 6.45) is 4.87. The van der Waals surface area contributed by atoms with Crippen molar-refractivity contribution in [1.29, 1.82) is 0 Å². The summed E-state index contributed by atoms with van der Waals surface area (Å²) < 4.78 is 6.82. The van der Waals surface area contributed by atoms with Gasteiger partial charge in [-0.05, 0) is 71.2 Å². The average molecular weight is 598 g/mol. The van der Waals surface area contributed by atoms with Crippen molar-refractivity contribution >= 4 is 60.2 Å². The Balaban J connectivity index is 1.36. The van der Waals surface area contributed by atoms with Crippen LogP contribution in [0.3, 0.4) is 0 Å². The van der Waals surface area contributed by atoms with Crippen LogP contribution in [0, 0.1) is 0 Å². The number of nitrogens with one attached hydrogen (secondary N) is 1. The molecule has 1 aliphatic heterocycles. The SMILES string of the molecule is O=C(Nc1cccc(-c2ccc(N3CCCCCC3)nn2)c1)c1cc2cc(Br)cc(Br)c2oc1=O. The molecule has 2 aromatic heterocycles. The van der Waals surface area contributed by atoms with E-state index < -0.39 is 11.5 Å². The van der Waals surface area contributed by atoms with Gasteiger partial charge >= 0.3 is 5.63 Å². The van der Waals surface area contributed by atoms with Crippen LogP contribution in [0.5, 0.6) is 0 Å². The number of anilines is 2. The molecule has 0 bridgehead atoms. The fourth-order valence-electron chi connectivity index (χ4n) is 4.22. The summed E-state index contributed by atoms with van der Waals surface area (Å²) in [4.78, 5) is 27.7. The van der Waals surface area contributed by atoms with Crippen LogP contribution >= 0.6 is 31.9 Å². The van der Waals surface area contributed by atoms with Gasteiger partial charge in [0.2, 0.25) is 0 Å². The molecule has 1 aliphatic rings. The Morgan fingerprint density at radius 3 is 2.49 bits per heavy atom. The number of benzene rings is 2. The number of carbonyl (C=O) groups excluding carboxylic acids is 1. The maximum absolute atomic E-state index is 12.9. The lowest BCUT2D eigenvalue weighted by Crippen LogP contribution is -2.25. The summed E-state index contributed by atoms with van der Waals surface area (Å²) in [6.45, 7) is 2.01. The third-order valence-corrected chi connectivity index (χ3v) is 7.04. The van der Waals surface area contributed by atoms with Gasteiger partial charge in [-0.3, -0.25) is 4.79 Å². The third-order valence-electron chi connectivity index (χ3n) is 5.99. The van der Waals surface area contributed by atoms with Crippen molar-refractivity contribution in [2.75, 3.05) is 23.3 Å². The largest absolute Gasteiger partial charge is 0.421 e. The topological polar surface area (TPSA) is 88.3 Å². The Hall–Kier alpha value is -3.04. The van der Waals surface area contributed by atoms with E-state index in [1.165, 1.54) is 31.7 Å². The van der Waals surface area contributed by atoms with E-state index in [-0.39, 0.29) is 5.56 Å². The monoisotopic (exact) mass is 596 g/mol. The number of nitrogens with zero attached hydrogens (tertiary/aromatic N) is 3. The summed E-state index contributed by atoms with van der Waals surface area (Å²) >= 11 is 6.79. The Labute approximate surface area is 218 Å². The second kappa shape index (κ2) is 10.3. The van der Waals surface area contributed by atoms with Crippen LogP contribution in [0.4, 0.5) is 11.5 Å². The molecule has 178 valence electrons. The van der Waals surface area contributed by atoms with Gasteiger partial charge in [0.15, 0.2) is 11.4 Å². The molecule has 0 unspecified atom stereocenters. The number of fused-ring (bicyclic) bond motifs is 1. The Bertz CT molecular complexity index is 1450. The quantitative estimate of drug-likeness (QED) is 0.274. The van der Waals surface area contributed by atoms with Gasteiger partial charge in [-0.15, -0.1) is 10.2 Å². The molecule has 4 aromatic rings. The molecule has 9 heteroatoms. The highest BCUT2D eigenvalue weighted by Crippen LogP contribution is 2.28. The van der Waals surface area contributed by atoms with Gasteiger partial charge in [0.1, 0.15) is 5.56 Å². The van der Waals surface area contributed by atoms with E-state index in [0.29, 0.717) is 26.8 Å². The van der Waals surface area contributed by atoms with Crippen molar-refractivity contribution in [3.8, 4) is 11.3 Å². The first-order valence-electron chi connectivity index (χ1n) is 11.4. The molecule has 1 N–H and O–H groups in total. The minimum Gasteiger partial charge on any atom is -0.421 e. The van der Waals surface area contributed by atoms with Crippen molar-refractivity contribution < 1.29 is 9.21 Å². The number of hydrogen-bond acceptors (Lipinski definition) is 6. The molecular formula is C26H22Br2N4O3. The fourth-order valence-corrected chi connectivity index (χ4v) is 5.56. The lowest BCUT2D eigenvalue weighted by molar-refractivity contribution is 0.102. The Morgan fingerprint density at radius 2 is 1.74 bits per heavy atom. The molecule has 35 heavy (non-hydrogen) atoms. The average Bonchev–Trinajstić information content (AvgIpc) is 3.14. The normalized spacial score (nSPS) is 14.1. The molecule has 0 spiro atoms. The minimum atomic E-state index is -0.704. The lowest BCUT2D eigenvalue weighted by Gasteiger charge is -2.20. The van der Waals surface area contributed by atoms with Crippen molar-refractivity contribution in [3.63, 3.8) is 0 Å². The molecule has 3 heterocycles. The summed E-state index contributed by atoms with van der Waals surface area (Å²) in [7, 11) is 0. The number of rotatable bonds is 4. The molecular weight excluding hydrogens is 576 g/mol.